The van der Waals surface area contributed by atoms with Crippen molar-refractivity contribution in [2.75, 3.05) is 39.5 Å². The zero-order chi connectivity index (χ0) is 25.4. The molecule has 0 spiro atoms. The van der Waals surface area contributed by atoms with Gasteiger partial charge in [0, 0.05) is 30.1 Å². The number of piperidine rings is 1. The summed E-state index contributed by atoms with van der Waals surface area (Å²) in [5, 5.41) is 10.1. The molecule has 1 aliphatic rings. The number of sulfonamides is 1. The number of methoxy groups -OCH3 is 1. The van der Waals surface area contributed by atoms with Crippen LogP contribution in [0.1, 0.15) is 49.7 Å². The number of likely N-dealkylation sites (tertiary alicyclic amines) is 1. The van der Waals surface area contributed by atoms with Gasteiger partial charge in [0.25, 0.3) is 0 Å². The SMILES string of the molecule is COc1cc(-c2[nH]c3ccc(C4CCN(CCNS(C)(=O)=O)CC4)cc3c2C(C)C)nn2ncnc12. The minimum Gasteiger partial charge on any atom is -0.493 e. The number of fused-ring (bicyclic) bond motifs is 2. The standard InChI is InChI=1S/C25H33N7O3S/c1-16(2)23-19-13-18(17-7-10-31(11-8-17)12-9-28-36(4,33)34)5-6-20(19)29-24(23)21-14-22(35-3)25-26-15-27-32(25)30-21/h5-6,13-17,28-29H,7-12H2,1-4H3. The van der Waals surface area contributed by atoms with Crippen molar-refractivity contribution in [3.63, 3.8) is 0 Å². The number of H-pyrrole nitrogens is 1. The summed E-state index contributed by atoms with van der Waals surface area (Å²) in [6, 6.07) is 8.65. The highest BCUT2D eigenvalue weighted by molar-refractivity contribution is 7.88. The molecule has 0 radical (unpaired) electrons. The van der Waals surface area contributed by atoms with Gasteiger partial charge in [-0.3, -0.25) is 0 Å². The van der Waals surface area contributed by atoms with E-state index in [9.17, 15) is 8.42 Å². The Labute approximate surface area is 211 Å². The monoisotopic (exact) mass is 511 g/mol. The Morgan fingerprint density at radius 2 is 2.00 bits per heavy atom. The molecule has 0 atom stereocenters. The predicted molar refractivity (Wildman–Crippen MR) is 140 cm³/mol. The molecule has 10 nitrogen and oxygen atoms in total. The van der Waals surface area contributed by atoms with Gasteiger partial charge in [-0.2, -0.15) is 0 Å². The Hall–Kier alpha value is -3.02. The van der Waals surface area contributed by atoms with Gasteiger partial charge in [0.15, 0.2) is 5.75 Å². The first kappa shape index (κ1) is 24.7. The normalized spacial score (nSPS) is 15.9. The van der Waals surface area contributed by atoms with Gasteiger partial charge in [-0.1, -0.05) is 19.9 Å². The molecular formula is C25H33N7O3S. The largest absolute Gasteiger partial charge is 0.493 e. The summed E-state index contributed by atoms with van der Waals surface area (Å²) < 4.78 is 32.3. The van der Waals surface area contributed by atoms with Gasteiger partial charge in [-0.15, -0.1) is 14.8 Å². The lowest BCUT2D eigenvalue weighted by atomic mass is 9.87. The molecule has 1 aromatic carbocycles. The fourth-order valence-electron chi connectivity index (χ4n) is 5.23. The van der Waals surface area contributed by atoms with Crippen LogP contribution in [-0.4, -0.2) is 77.7 Å². The second-order valence-electron chi connectivity index (χ2n) is 9.83. The van der Waals surface area contributed by atoms with Gasteiger partial charge >= 0.3 is 0 Å². The van der Waals surface area contributed by atoms with Crippen LogP contribution in [0.3, 0.4) is 0 Å². The molecule has 0 bridgehead atoms. The Morgan fingerprint density at radius 3 is 2.69 bits per heavy atom. The number of nitrogens with one attached hydrogen (secondary N) is 2. The molecule has 5 rings (SSSR count). The molecule has 0 amide bonds. The van der Waals surface area contributed by atoms with Crippen molar-refractivity contribution < 1.29 is 13.2 Å². The summed E-state index contributed by atoms with van der Waals surface area (Å²) in [6.45, 7) is 7.53. The van der Waals surface area contributed by atoms with E-state index in [4.69, 9.17) is 9.84 Å². The maximum atomic E-state index is 11.3. The Bertz CT molecular complexity index is 1480. The van der Waals surface area contributed by atoms with Crippen molar-refractivity contribution in [1.82, 2.24) is 34.4 Å². The van der Waals surface area contributed by atoms with Crippen LogP contribution in [0.4, 0.5) is 0 Å². The van der Waals surface area contributed by atoms with Crippen molar-refractivity contribution in [1.29, 1.82) is 0 Å². The van der Waals surface area contributed by atoms with E-state index in [1.807, 2.05) is 6.07 Å². The molecule has 0 saturated carbocycles. The van der Waals surface area contributed by atoms with E-state index in [0.29, 0.717) is 23.9 Å². The van der Waals surface area contributed by atoms with Crippen LogP contribution in [0, 0.1) is 0 Å². The Kier molecular flexibility index (Phi) is 6.71. The third-order valence-corrected chi connectivity index (χ3v) is 7.72. The number of hydrogen-bond donors (Lipinski definition) is 2. The zero-order valence-corrected chi connectivity index (χ0v) is 22.0. The highest BCUT2D eigenvalue weighted by Crippen LogP contribution is 2.38. The zero-order valence-electron chi connectivity index (χ0n) is 21.2. The topological polar surface area (TPSA) is 118 Å². The van der Waals surface area contributed by atoms with E-state index in [1.165, 1.54) is 33.7 Å². The minimum atomic E-state index is -3.14. The van der Waals surface area contributed by atoms with Gasteiger partial charge in [-0.25, -0.2) is 18.1 Å². The lowest BCUT2D eigenvalue weighted by Crippen LogP contribution is -2.38. The van der Waals surface area contributed by atoms with Gasteiger partial charge in [-0.05, 0) is 61.0 Å². The molecule has 4 aromatic rings. The van der Waals surface area contributed by atoms with Crippen LogP contribution in [0.15, 0.2) is 30.6 Å². The average molecular weight is 512 g/mol. The quantitative estimate of drug-likeness (QED) is 0.373. The summed E-state index contributed by atoms with van der Waals surface area (Å²) in [6.07, 6.45) is 4.79. The average Bonchev–Trinajstić information content (AvgIpc) is 3.47. The molecule has 0 unspecified atom stereocenters. The molecule has 1 aliphatic heterocycles. The van der Waals surface area contributed by atoms with E-state index in [1.54, 1.807) is 7.11 Å². The van der Waals surface area contributed by atoms with Crippen LogP contribution < -0.4 is 9.46 Å². The minimum absolute atomic E-state index is 0.285. The molecule has 1 fully saturated rings. The predicted octanol–water partition coefficient (Wildman–Crippen LogP) is 3.13. The van der Waals surface area contributed by atoms with Crippen LogP contribution in [0.25, 0.3) is 27.9 Å². The van der Waals surface area contributed by atoms with E-state index < -0.39 is 10.0 Å². The first-order valence-electron chi connectivity index (χ1n) is 12.3. The summed E-state index contributed by atoms with van der Waals surface area (Å²) in [4.78, 5) is 10.2. The van der Waals surface area contributed by atoms with Crippen molar-refractivity contribution in [3.05, 3.63) is 41.7 Å². The second-order valence-corrected chi connectivity index (χ2v) is 11.7. The fraction of sp³-hybridized carbons (Fsp3) is 0.480. The lowest BCUT2D eigenvalue weighted by molar-refractivity contribution is 0.216. The molecule has 11 heteroatoms. The van der Waals surface area contributed by atoms with Crippen molar-refractivity contribution in [2.24, 2.45) is 0 Å². The van der Waals surface area contributed by atoms with E-state index in [-0.39, 0.29) is 5.92 Å². The number of benzene rings is 1. The molecule has 1 saturated heterocycles. The molecule has 0 aliphatic carbocycles. The molecule has 2 N–H and O–H groups in total. The smallest absolute Gasteiger partial charge is 0.218 e. The van der Waals surface area contributed by atoms with Crippen LogP contribution in [-0.2, 0) is 10.0 Å². The van der Waals surface area contributed by atoms with Crippen LogP contribution in [0.2, 0.25) is 0 Å². The summed E-state index contributed by atoms with van der Waals surface area (Å²) in [7, 11) is -1.51. The van der Waals surface area contributed by atoms with Crippen molar-refractivity contribution >= 4 is 26.6 Å². The summed E-state index contributed by atoms with van der Waals surface area (Å²) in [5.74, 6) is 1.40. The number of ether oxygens (including phenoxy) is 1. The second kappa shape index (κ2) is 9.79. The number of aromatic amines is 1. The van der Waals surface area contributed by atoms with Crippen molar-refractivity contribution in [3.8, 4) is 17.1 Å². The highest BCUT2D eigenvalue weighted by atomic mass is 32.2. The maximum absolute atomic E-state index is 11.3. The number of hydrogen-bond acceptors (Lipinski definition) is 7. The first-order valence-corrected chi connectivity index (χ1v) is 14.2. The third-order valence-electron chi connectivity index (χ3n) is 6.99. The van der Waals surface area contributed by atoms with Gasteiger partial charge in [0.2, 0.25) is 15.7 Å². The van der Waals surface area contributed by atoms with Crippen LogP contribution in [0.5, 0.6) is 5.75 Å². The number of nitrogens with zero attached hydrogens (tertiary/aromatic N) is 5. The third kappa shape index (κ3) is 4.95. The molecule has 192 valence electrons. The van der Waals surface area contributed by atoms with Crippen LogP contribution >= 0.6 is 0 Å². The summed E-state index contributed by atoms with van der Waals surface area (Å²) >= 11 is 0. The Balaban J connectivity index is 1.41. The summed E-state index contributed by atoms with van der Waals surface area (Å²) in [5.41, 5.74) is 5.99. The maximum Gasteiger partial charge on any atom is 0.218 e. The lowest BCUT2D eigenvalue weighted by Gasteiger charge is -2.32. The number of aromatic nitrogens is 5. The molecule has 36 heavy (non-hydrogen) atoms. The van der Waals surface area contributed by atoms with E-state index >= 15 is 0 Å². The van der Waals surface area contributed by atoms with Gasteiger partial charge in [0.05, 0.1) is 19.1 Å². The van der Waals surface area contributed by atoms with Gasteiger partial charge in [0.1, 0.15) is 12.0 Å². The Morgan fingerprint density at radius 1 is 1.22 bits per heavy atom. The molecule has 3 aromatic heterocycles. The van der Waals surface area contributed by atoms with E-state index in [0.717, 1.165) is 49.4 Å². The fourth-order valence-corrected chi connectivity index (χ4v) is 5.69. The molecule has 4 heterocycles. The number of rotatable bonds is 8. The molecular weight excluding hydrogens is 478 g/mol. The highest BCUT2D eigenvalue weighted by Gasteiger charge is 2.24. The van der Waals surface area contributed by atoms with Gasteiger partial charge < -0.3 is 14.6 Å². The van der Waals surface area contributed by atoms with E-state index in [2.05, 4.69) is 56.7 Å². The van der Waals surface area contributed by atoms with Crippen molar-refractivity contribution in [2.45, 2.75) is 38.5 Å². The first-order chi connectivity index (χ1) is 17.2.